The largest absolute Gasteiger partial charge is 0.468 e. The highest BCUT2D eigenvalue weighted by Gasteiger charge is 2.36. The van der Waals surface area contributed by atoms with E-state index in [9.17, 15) is 14.9 Å². The van der Waals surface area contributed by atoms with Crippen LogP contribution in [0.1, 0.15) is 25.8 Å². The molecule has 1 aromatic carbocycles. The predicted molar refractivity (Wildman–Crippen MR) is 75.2 cm³/mol. The van der Waals surface area contributed by atoms with Gasteiger partial charge in [-0.25, -0.2) is 0 Å². The summed E-state index contributed by atoms with van der Waals surface area (Å²) in [4.78, 5) is 22.0. The fraction of sp³-hybridized carbons (Fsp3) is 0.500. The first-order valence-electron chi connectivity index (χ1n) is 6.39. The monoisotopic (exact) mass is 280 g/mol. The average molecular weight is 280 g/mol. The Morgan fingerprint density at radius 1 is 1.40 bits per heavy atom. The van der Waals surface area contributed by atoms with Gasteiger partial charge in [-0.1, -0.05) is 26.0 Å². The van der Waals surface area contributed by atoms with E-state index in [0.717, 1.165) is 5.56 Å². The van der Waals surface area contributed by atoms with E-state index in [1.807, 2.05) is 13.8 Å². The Kier molecular flexibility index (Phi) is 5.21. The van der Waals surface area contributed by atoms with Gasteiger partial charge in [-0.05, 0) is 17.9 Å². The summed E-state index contributed by atoms with van der Waals surface area (Å²) in [5.41, 5.74) is 5.84. The van der Waals surface area contributed by atoms with Gasteiger partial charge >= 0.3 is 5.97 Å². The lowest BCUT2D eigenvalue weighted by molar-refractivity contribution is -0.384. The zero-order valence-electron chi connectivity index (χ0n) is 12.0. The van der Waals surface area contributed by atoms with Crippen molar-refractivity contribution in [1.29, 1.82) is 0 Å². The summed E-state index contributed by atoms with van der Waals surface area (Å²) in [6, 6.07) is 6.04. The topological polar surface area (TPSA) is 95.5 Å². The third kappa shape index (κ3) is 4.03. The normalized spacial score (nSPS) is 13.8. The first-order chi connectivity index (χ1) is 9.28. The van der Waals surface area contributed by atoms with Gasteiger partial charge in [0.15, 0.2) is 0 Å². The highest BCUT2D eigenvalue weighted by atomic mass is 16.6. The Hall–Kier alpha value is -1.95. The summed E-state index contributed by atoms with van der Waals surface area (Å²) < 4.78 is 4.78. The van der Waals surface area contributed by atoms with Gasteiger partial charge in [-0.2, -0.15) is 0 Å². The number of hydrogen-bond acceptors (Lipinski definition) is 5. The predicted octanol–water partition coefficient (Wildman–Crippen LogP) is 2.05. The number of methoxy groups -OCH3 is 1. The van der Waals surface area contributed by atoms with Crippen molar-refractivity contribution < 1.29 is 14.5 Å². The maximum absolute atomic E-state index is 11.9. The molecule has 1 rings (SSSR count). The Morgan fingerprint density at radius 3 is 2.35 bits per heavy atom. The zero-order valence-corrected chi connectivity index (χ0v) is 12.0. The van der Waals surface area contributed by atoms with Crippen molar-refractivity contribution in [2.24, 2.45) is 11.7 Å². The van der Waals surface area contributed by atoms with E-state index in [4.69, 9.17) is 10.5 Å². The lowest BCUT2D eigenvalue weighted by atomic mass is 9.84. The first kappa shape index (κ1) is 16.1. The molecule has 2 N–H and O–H groups in total. The van der Waals surface area contributed by atoms with Gasteiger partial charge in [0.1, 0.15) is 5.54 Å². The molecule has 0 aliphatic carbocycles. The molecule has 0 saturated heterocycles. The third-order valence-corrected chi connectivity index (χ3v) is 3.03. The van der Waals surface area contributed by atoms with Crippen LogP contribution in [-0.2, 0) is 16.0 Å². The fourth-order valence-corrected chi connectivity index (χ4v) is 2.26. The summed E-state index contributed by atoms with van der Waals surface area (Å²) >= 11 is 0. The van der Waals surface area contributed by atoms with Gasteiger partial charge < -0.3 is 10.5 Å². The number of benzene rings is 1. The quantitative estimate of drug-likeness (QED) is 0.489. The Labute approximate surface area is 118 Å². The van der Waals surface area contributed by atoms with E-state index >= 15 is 0 Å². The lowest BCUT2D eigenvalue weighted by Crippen LogP contribution is -2.51. The highest BCUT2D eigenvalue weighted by molar-refractivity contribution is 5.81. The maximum atomic E-state index is 11.9. The minimum Gasteiger partial charge on any atom is -0.468 e. The van der Waals surface area contributed by atoms with Crippen molar-refractivity contribution in [3.05, 3.63) is 39.9 Å². The molecule has 0 aliphatic rings. The number of rotatable bonds is 6. The molecule has 0 amide bonds. The molecule has 1 unspecified atom stereocenters. The van der Waals surface area contributed by atoms with E-state index in [1.165, 1.54) is 19.2 Å². The Bertz CT molecular complexity index is 484. The maximum Gasteiger partial charge on any atom is 0.326 e. The molecule has 0 heterocycles. The smallest absolute Gasteiger partial charge is 0.326 e. The van der Waals surface area contributed by atoms with Gasteiger partial charge in [0.2, 0.25) is 0 Å². The number of nitro benzene ring substituents is 1. The van der Waals surface area contributed by atoms with Crippen LogP contribution in [0, 0.1) is 16.0 Å². The summed E-state index contributed by atoms with van der Waals surface area (Å²) in [5.74, 6) is -0.235. The second-order valence-corrected chi connectivity index (χ2v) is 5.35. The highest BCUT2D eigenvalue weighted by Crippen LogP contribution is 2.22. The van der Waals surface area contributed by atoms with Gasteiger partial charge in [-0.15, -0.1) is 0 Å². The molecule has 110 valence electrons. The average Bonchev–Trinajstić information content (AvgIpc) is 2.37. The lowest BCUT2D eigenvalue weighted by Gasteiger charge is -2.28. The number of carbonyl (C=O) groups excluding carboxylic acids is 1. The van der Waals surface area contributed by atoms with E-state index in [1.54, 1.807) is 12.1 Å². The first-order valence-corrected chi connectivity index (χ1v) is 6.39. The van der Waals surface area contributed by atoms with Crippen molar-refractivity contribution in [2.75, 3.05) is 7.11 Å². The molecular formula is C14H20N2O4. The molecule has 1 aromatic rings. The number of carbonyl (C=O) groups is 1. The summed E-state index contributed by atoms with van der Waals surface area (Å²) in [7, 11) is 1.31. The van der Waals surface area contributed by atoms with Crippen LogP contribution >= 0.6 is 0 Å². The molecule has 20 heavy (non-hydrogen) atoms. The molecule has 1 atom stereocenters. The SMILES string of the molecule is COC(=O)C(N)(Cc1ccc([N+](=O)[O-])cc1)CC(C)C. The number of nitrogens with two attached hydrogens (primary N) is 1. The number of hydrogen-bond donors (Lipinski definition) is 1. The van der Waals surface area contributed by atoms with Crippen LogP contribution in [0.15, 0.2) is 24.3 Å². The van der Waals surface area contributed by atoms with Crippen LogP contribution in [0.3, 0.4) is 0 Å². The number of nitro groups is 1. The Morgan fingerprint density at radius 2 is 1.95 bits per heavy atom. The fourth-order valence-electron chi connectivity index (χ4n) is 2.26. The molecule has 0 bridgehead atoms. The second-order valence-electron chi connectivity index (χ2n) is 5.35. The second kappa shape index (κ2) is 6.47. The molecule has 0 radical (unpaired) electrons. The molecule has 0 aliphatic heterocycles. The molecular weight excluding hydrogens is 260 g/mol. The van der Waals surface area contributed by atoms with Crippen LogP contribution in [0.25, 0.3) is 0 Å². The van der Waals surface area contributed by atoms with Crippen molar-refractivity contribution in [1.82, 2.24) is 0 Å². The number of non-ortho nitro benzene ring substituents is 1. The minimum absolute atomic E-state index is 0.0123. The molecule has 0 aromatic heterocycles. The van der Waals surface area contributed by atoms with Crippen molar-refractivity contribution in [3.8, 4) is 0 Å². The van der Waals surface area contributed by atoms with Crippen LogP contribution in [-0.4, -0.2) is 23.5 Å². The van der Waals surface area contributed by atoms with Crippen molar-refractivity contribution in [2.45, 2.75) is 32.2 Å². The minimum atomic E-state index is -1.11. The molecule has 6 heteroatoms. The molecule has 0 spiro atoms. The summed E-state index contributed by atoms with van der Waals surface area (Å²) in [5, 5.41) is 10.6. The van der Waals surface area contributed by atoms with Gasteiger partial charge in [0.05, 0.1) is 12.0 Å². The summed E-state index contributed by atoms with van der Waals surface area (Å²) in [6.45, 7) is 3.95. The van der Waals surface area contributed by atoms with Crippen molar-refractivity contribution in [3.63, 3.8) is 0 Å². The summed E-state index contributed by atoms with van der Waals surface area (Å²) in [6.07, 6.45) is 0.770. The number of nitrogens with zero attached hydrogens (tertiary/aromatic N) is 1. The van der Waals surface area contributed by atoms with Gasteiger partial charge in [0.25, 0.3) is 5.69 Å². The van der Waals surface area contributed by atoms with Crippen molar-refractivity contribution >= 4 is 11.7 Å². The van der Waals surface area contributed by atoms with Crippen LogP contribution in [0.2, 0.25) is 0 Å². The van der Waals surface area contributed by atoms with Crippen LogP contribution < -0.4 is 5.73 Å². The van der Waals surface area contributed by atoms with Gasteiger partial charge in [0, 0.05) is 18.6 Å². The van der Waals surface area contributed by atoms with E-state index in [-0.39, 0.29) is 18.0 Å². The number of ether oxygens (including phenoxy) is 1. The number of esters is 1. The van der Waals surface area contributed by atoms with Crippen LogP contribution in [0.5, 0.6) is 0 Å². The molecule has 0 fully saturated rings. The van der Waals surface area contributed by atoms with Crippen LogP contribution in [0.4, 0.5) is 5.69 Å². The molecule has 0 saturated carbocycles. The van der Waals surface area contributed by atoms with E-state index in [2.05, 4.69) is 0 Å². The zero-order chi connectivity index (χ0) is 15.3. The third-order valence-electron chi connectivity index (χ3n) is 3.03. The van der Waals surface area contributed by atoms with E-state index < -0.39 is 16.4 Å². The Balaban J connectivity index is 2.94. The molecule has 6 nitrogen and oxygen atoms in total. The van der Waals surface area contributed by atoms with E-state index in [0.29, 0.717) is 6.42 Å². The van der Waals surface area contributed by atoms with Gasteiger partial charge in [-0.3, -0.25) is 14.9 Å². The standard InChI is InChI=1S/C14H20N2O4/c1-10(2)8-14(15,13(17)20-3)9-11-4-6-12(7-5-11)16(18)19/h4-7,10H,8-9,15H2,1-3H3.